The Morgan fingerprint density at radius 3 is 2.17 bits per heavy atom. The highest BCUT2D eigenvalue weighted by atomic mass is 32.1. The second-order valence-electron chi connectivity index (χ2n) is 7.86. The Bertz CT molecular complexity index is 1360. The fourth-order valence-electron chi connectivity index (χ4n) is 4.06. The summed E-state index contributed by atoms with van der Waals surface area (Å²) >= 11 is 5.33. The fraction of sp³-hybridized carbons (Fsp3) is 0.192. The van der Waals surface area contributed by atoms with E-state index in [2.05, 4.69) is 5.32 Å². The van der Waals surface area contributed by atoms with Crippen LogP contribution in [0.4, 0.5) is 5.69 Å². The number of methoxy groups -OCH3 is 3. The van der Waals surface area contributed by atoms with Crippen LogP contribution in [0.3, 0.4) is 0 Å². The van der Waals surface area contributed by atoms with Gasteiger partial charge in [-0.3, -0.25) is 14.9 Å². The Kier molecular flexibility index (Phi) is 6.61. The van der Waals surface area contributed by atoms with Gasteiger partial charge in [-0.2, -0.15) is 0 Å². The van der Waals surface area contributed by atoms with Gasteiger partial charge >= 0.3 is 0 Å². The van der Waals surface area contributed by atoms with Crippen molar-refractivity contribution in [1.29, 1.82) is 0 Å². The Labute approximate surface area is 208 Å². The predicted molar refractivity (Wildman–Crippen MR) is 138 cm³/mol. The third-order valence-electron chi connectivity index (χ3n) is 5.83. The fourth-order valence-corrected chi connectivity index (χ4v) is 4.34. The maximum atomic E-state index is 13.5. The van der Waals surface area contributed by atoms with E-state index in [0.29, 0.717) is 17.2 Å². The molecule has 0 bridgehead atoms. The number of aromatic nitrogens is 1. The van der Waals surface area contributed by atoms with Crippen LogP contribution in [0.25, 0.3) is 11.8 Å². The van der Waals surface area contributed by atoms with E-state index >= 15 is 0 Å². The lowest BCUT2D eigenvalue weighted by molar-refractivity contribution is -0.122. The third-order valence-corrected chi connectivity index (χ3v) is 6.11. The van der Waals surface area contributed by atoms with Crippen molar-refractivity contribution in [2.45, 2.75) is 13.8 Å². The number of hydrogen-bond acceptors (Lipinski definition) is 6. The molecule has 0 atom stereocenters. The van der Waals surface area contributed by atoms with Crippen molar-refractivity contribution in [1.82, 2.24) is 9.88 Å². The lowest BCUT2D eigenvalue weighted by atomic mass is 10.1. The number of benzene rings is 2. The molecule has 1 fully saturated rings. The van der Waals surface area contributed by atoms with Crippen molar-refractivity contribution >= 4 is 40.9 Å². The second kappa shape index (κ2) is 9.63. The number of carbonyl (C=O) groups is 2. The number of anilines is 1. The topological polar surface area (TPSA) is 82.0 Å². The normalized spacial score (nSPS) is 14.8. The van der Waals surface area contributed by atoms with E-state index in [0.717, 1.165) is 28.4 Å². The van der Waals surface area contributed by atoms with Gasteiger partial charge in [-0.25, -0.2) is 4.90 Å². The molecule has 0 spiro atoms. The molecule has 4 rings (SSSR count). The van der Waals surface area contributed by atoms with E-state index in [9.17, 15) is 9.59 Å². The molecule has 1 aromatic heterocycles. The number of amides is 2. The Morgan fingerprint density at radius 1 is 0.886 bits per heavy atom. The first-order chi connectivity index (χ1) is 16.8. The van der Waals surface area contributed by atoms with Gasteiger partial charge < -0.3 is 18.8 Å². The summed E-state index contributed by atoms with van der Waals surface area (Å²) in [6.45, 7) is 3.90. The molecule has 35 heavy (non-hydrogen) atoms. The second-order valence-corrected chi connectivity index (χ2v) is 8.24. The van der Waals surface area contributed by atoms with Crippen molar-refractivity contribution in [2.75, 3.05) is 26.2 Å². The molecule has 0 unspecified atom stereocenters. The van der Waals surface area contributed by atoms with Crippen LogP contribution in [0.1, 0.15) is 17.0 Å². The summed E-state index contributed by atoms with van der Waals surface area (Å²) in [5.74, 6) is 0.600. The largest absolute Gasteiger partial charge is 0.497 e. The molecule has 9 heteroatoms. The molecule has 2 heterocycles. The molecular formula is C26H25N3O5S. The van der Waals surface area contributed by atoms with Gasteiger partial charge in [0.2, 0.25) is 0 Å². The average Bonchev–Trinajstić information content (AvgIpc) is 3.14. The van der Waals surface area contributed by atoms with E-state index in [-0.39, 0.29) is 10.7 Å². The van der Waals surface area contributed by atoms with E-state index in [1.807, 2.05) is 48.7 Å². The number of ether oxygens (including phenoxy) is 3. The van der Waals surface area contributed by atoms with Gasteiger partial charge in [0.15, 0.2) is 5.11 Å². The first-order valence-corrected chi connectivity index (χ1v) is 11.2. The summed E-state index contributed by atoms with van der Waals surface area (Å²) in [6, 6.07) is 14.6. The highest BCUT2D eigenvalue weighted by Crippen LogP contribution is 2.34. The van der Waals surface area contributed by atoms with Crippen LogP contribution in [0, 0.1) is 13.8 Å². The molecule has 180 valence electrons. The van der Waals surface area contributed by atoms with Crippen LogP contribution < -0.4 is 24.4 Å². The molecule has 1 aliphatic heterocycles. The quantitative estimate of drug-likeness (QED) is 0.320. The third kappa shape index (κ3) is 4.38. The number of nitrogens with one attached hydrogen (secondary N) is 1. The molecule has 2 amide bonds. The zero-order valence-corrected chi connectivity index (χ0v) is 20.9. The summed E-state index contributed by atoms with van der Waals surface area (Å²) in [7, 11) is 4.64. The van der Waals surface area contributed by atoms with Crippen LogP contribution in [-0.2, 0) is 9.59 Å². The molecule has 1 aliphatic rings. The molecule has 0 aliphatic carbocycles. The smallest absolute Gasteiger partial charge is 0.270 e. The minimum absolute atomic E-state index is 0.0238. The lowest BCUT2D eigenvalue weighted by Gasteiger charge is -2.30. The Balaban J connectivity index is 1.75. The molecular weight excluding hydrogens is 466 g/mol. The monoisotopic (exact) mass is 491 g/mol. The van der Waals surface area contributed by atoms with Gasteiger partial charge in [-0.05, 0) is 80.2 Å². The zero-order chi connectivity index (χ0) is 25.3. The van der Waals surface area contributed by atoms with Crippen LogP contribution in [0.5, 0.6) is 17.2 Å². The zero-order valence-electron chi connectivity index (χ0n) is 20.0. The molecule has 1 N–H and O–H groups in total. The number of rotatable bonds is 6. The molecule has 0 radical (unpaired) electrons. The van der Waals surface area contributed by atoms with E-state index < -0.39 is 11.8 Å². The van der Waals surface area contributed by atoms with Gasteiger partial charge in [0.1, 0.15) is 22.8 Å². The summed E-state index contributed by atoms with van der Waals surface area (Å²) in [5.41, 5.74) is 3.88. The predicted octanol–water partition coefficient (Wildman–Crippen LogP) is 3.95. The van der Waals surface area contributed by atoms with E-state index in [1.165, 1.54) is 19.1 Å². The summed E-state index contributed by atoms with van der Waals surface area (Å²) in [5, 5.41) is 2.59. The Hall–Kier alpha value is -4.11. The van der Waals surface area contributed by atoms with Gasteiger partial charge in [-0.15, -0.1) is 0 Å². The minimum atomic E-state index is -0.557. The molecule has 1 saturated heterocycles. The van der Waals surface area contributed by atoms with Crippen molar-refractivity contribution in [3.63, 3.8) is 0 Å². The van der Waals surface area contributed by atoms with E-state index in [4.69, 9.17) is 26.4 Å². The number of hydrogen-bond donors (Lipinski definition) is 1. The van der Waals surface area contributed by atoms with Crippen LogP contribution in [0.2, 0.25) is 0 Å². The van der Waals surface area contributed by atoms with Crippen LogP contribution in [-0.4, -0.2) is 42.8 Å². The molecule has 0 saturated carbocycles. The summed E-state index contributed by atoms with van der Waals surface area (Å²) < 4.78 is 18.0. The highest BCUT2D eigenvalue weighted by molar-refractivity contribution is 7.80. The number of thiocarbonyl (C=S) groups is 1. The molecule has 8 nitrogen and oxygen atoms in total. The maximum Gasteiger partial charge on any atom is 0.270 e. The SMILES string of the molecule is COc1ccc(-n2c(C)cc(/C=C3\C(=O)NC(=S)N(c4ccc(OC)cc4OC)C3=O)c2C)cc1. The lowest BCUT2D eigenvalue weighted by Crippen LogP contribution is -2.54. The van der Waals surface area contributed by atoms with Crippen LogP contribution in [0.15, 0.2) is 54.1 Å². The molecule has 2 aromatic carbocycles. The average molecular weight is 492 g/mol. The first kappa shape index (κ1) is 24.0. The van der Waals surface area contributed by atoms with Gasteiger partial charge in [0.25, 0.3) is 11.8 Å². The van der Waals surface area contributed by atoms with Gasteiger partial charge in [-0.1, -0.05) is 0 Å². The number of nitrogens with zero attached hydrogens (tertiary/aromatic N) is 2. The maximum absolute atomic E-state index is 13.5. The van der Waals surface area contributed by atoms with Gasteiger partial charge in [0, 0.05) is 23.1 Å². The van der Waals surface area contributed by atoms with Crippen molar-refractivity contribution in [2.24, 2.45) is 0 Å². The van der Waals surface area contributed by atoms with Gasteiger partial charge in [0.05, 0.1) is 27.0 Å². The van der Waals surface area contributed by atoms with Crippen molar-refractivity contribution in [3.8, 4) is 22.9 Å². The summed E-state index contributed by atoms with van der Waals surface area (Å²) in [6.07, 6.45) is 1.59. The standard InChI is InChI=1S/C26H25N3O5S/c1-15-12-17(16(2)28(15)18-6-8-19(32-3)9-7-18)13-21-24(30)27-26(35)29(25(21)31)22-11-10-20(33-4)14-23(22)34-5/h6-14H,1-5H3,(H,27,30,35)/b21-13+. The molecule has 3 aromatic rings. The number of carbonyl (C=O) groups excluding carboxylic acids is 2. The summed E-state index contributed by atoms with van der Waals surface area (Å²) in [4.78, 5) is 27.6. The first-order valence-electron chi connectivity index (χ1n) is 10.8. The van der Waals surface area contributed by atoms with Crippen molar-refractivity contribution < 1.29 is 23.8 Å². The highest BCUT2D eigenvalue weighted by Gasteiger charge is 2.36. The van der Waals surface area contributed by atoms with Crippen molar-refractivity contribution in [3.05, 3.63) is 71.1 Å². The van der Waals surface area contributed by atoms with Crippen LogP contribution >= 0.6 is 12.2 Å². The number of aryl methyl sites for hydroxylation is 1. The Morgan fingerprint density at radius 2 is 1.54 bits per heavy atom. The van der Waals surface area contributed by atoms with E-state index in [1.54, 1.807) is 31.4 Å². The minimum Gasteiger partial charge on any atom is -0.497 e.